The standard InChI is InChI=1S/C25H34N6O3.C8H10O2.C2H6.H2/c1-17-14-24(27-20-9-7-19(32-3)16-23(20)34-5)29-25(26-17)28-21-8-6-18(15-22(21)33-4)31-12-10-30(2)11-13-31;1-6-4-3-5-7(2)8(6)10-9;1-2;/h6-9,14-17,27H,10-13H2,1-5H3,(H2,26,28,29);3-5,9H,1-2H3;1-2H3;1H. The van der Waals surface area contributed by atoms with Crippen molar-refractivity contribution >= 4 is 23.0 Å². The summed E-state index contributed by atoms with van der Waals surface area (Å²) in [6.07, 6.45) is 2.02. The summed E-state index contributed by atoms with van der Waals surface area (Å²) in [4.78, 5) is 13.6. The summed E-state index contributed by atoms with van der Waals surface area (Å²) in [6, 6.07) is 17.6. The number of piperazine rings is 1. The molecule has 0 spiro atoms. The van der Waals surface area contributed by atoms with Gasteiger partial charge < -0.3 is 44.8 Å². The average Bonchev–Trinajstić information content (AvgIpc) is 3.06. The van der Waals surface area contributed by atoms with Gasteiger partial charge in [-0.1, -0.05) is 32.0 Å². The van der Waals surface area contributed by atoms with Crippen LogP contribution in [0, 0.1) is 13.8 Å². The van der Waals surface area contributed by atoms with Crippen LogP contribution in [0.3, 0.4) is 0 Å². The van der Waals surface area contributed by atoms with Crippen molar-refractivity contribution in [1.82, 2.24) is 10.2 Å². The van der Waals surface area contributed by atoms with Gasteiger partial charge in [-0.25, -0.2) is 10.2 Å². The van der Waals surface area contributed by atoms with Crippen LogP contribution in [0.2, 0.25) is 0 Å². The van der Waals surface area contributed by atoms with E-state index in [9.17, 15) is 0 Å². The van der Waals surface area contributed by atoms with E-state index < -0.39 is 0 Å². The molecule has 252 valence electrons. The molecule has 1 atom stereocenters. The molecular formula is C35H52N6O5. The molecule has 0 bridgehead atoms. The number of likely N-dealkylation sites (N-methyl/N-ethyl adjacent to an activating group) is 1. The fraction of sp³-hybridized carbons (Fsp3) is 0.400. The van der Waals surface area contributed by atoms with Crippen molar-refractivity contribution in [3.8, 4) is 23.0 Å². The molecule has 2 aliphatic heterocycles. The number of nitrogens with one attached hydrogen (secondary N) is 3. The molecule has 0 aliphatic carbocycles. The van der Waals surface area contributed by atoms with Crippen LogP contribution in [0.15, 0.2) is 71.5 Å². The second-order valence-electron chi connectivity index (χ2n) is 10.7. The Morgan fingerprint density at radius 2 is 1.46 bits per heavy atom. The number of rotatable bonds is 8. The Bertz CT molecular complexity index is 1460. The highest BCUT2D eigenvalue weighted by Crippen LogP contribution is 2.32. The molecule has 1 fully saturated rings. The van der Waals surface area contributed by atoms with Crippen LogP contribution in [0.1, 0.15) is 33.3 Å². The van der Waals surface area contributed by atoms with Crippen molar-refractivity contribution in [2.75, 3.05) is 70.1 Å². The molecule has 11 nitrogen and oxygen atoms in total. The maximum atomic E-state index is 8.40. The average molecular weight is 637 g/mol. The second kappa shape index (κ2) is 17.8. The van der Waals surface area contributed by atoms with Gasteiger partial charge >= 0.3 is 0 Å². The minimum absolute atomic E-state index is 0. The molecule has 0 aromatic heterocycles. The lowest BCUT2D eigenvalue weighted by atomic mass is 10.1. The maximum absolute atomic E-state index is 8.40. The number of ether oxygens (including phenoxy) is 3. The lowest BCUT2D eigenvalue weighted by molar-refractivity contribution is -0.138. The number of aryl methyl sites for hydroxylation is 2. The zero-order valence-corrected chi connectivity index (χ0v) is 28.6. The largest absolute Gasteiger partial charge is 0.497 e. The Hall–Kier alpha value is -4.61. The van der Waals surface area contributed by atoms with Crippen molar-refractivity contribution in [3.05, 3.63) is 77.6 Å². The molecule has 2 heterocycles. The summed E-state index contributed by atoms with van der Waals surface area (Å²) in [5.74, 6) is 4.19. The number of anilines is 3. The van der Waals surface area contributed by atoms with Gasteiger partial charge in [0.2, 0.25) is 5.96 Å². The highest BCUT2D eigenvalue weighted by Gasteiger charge is 2.18. The Morgan fingerprint density at radius 3 is 2.04 bits per heavy atom. The molecule has 2 aliphatic rings. The van der Waals surface area contributed by atoms with Crippen LogP contribution in [0.25, 0.3) is 0 Å². The predicted molar refractivity (Wildman–Crippen MR) is 190 cm³/mol. The van der Waals surface area contributed by atoms with Crippen molar-refractivity contribution < 1.29 is 25.8 Å². The summed E-state index contributed by atoms with van der Waals surface area (Å²) in [5.41, 5.74) is 4.73. The van der Waals surface area contributed by atoms with Crippen molar-refractivity contribution in [3.63, 3.8) is 0 Å². The van der Waals surface area contributed by atoms with Gasteiger partial charge in [-0.05, 0) is 69.3 Å². The van der Waals surface area contributed by atoms with Crippen molar-refractivity contribution in [1.29, 1.82) is 0 Å². The number of guanidine groups is 1. The molecule has 0 radical (unpaired) electrons. The fourth-order valence-electron chi connectivity index (χ4n) is 4.98. The molecule has 1 unspecified atom stereocenters. The first-order valence-corrected chi connectivity index (χ1v) is 15.6. The summed E-state index contributed by atoms with van der Waals surface area (Å²) < 4.78 is 16.5. The first kappa shape index (κ1) is 35.9. The van der Waals surface area contributed by atoms with Crippen molar-refractivity contribution in [2.24, 2.45) is 4.99 Å². The molecule has 46 heavy (non-hydrogen) atoms. The topological polar surface area (TPSA) is 112 Å². The molecule has 11 heteroatoms. The lowest BCUT2D eigenvalue weighted by Crippen LogP contribution is -2.44. The Morgan fingerprint density at radius 1 is 0.848 bits per heavy atom. The first-order valence-electron chi connectivity index (χ1n) is 15.6. The smallest absolute Gasteiger partial charge is 0.202 e. The second-order valence-corrected chi connectivity index (χ2v) is 10.7. The number of hydrogen-bond donors (Lipinski definition) is 4. The molecule has 1 saturated heterocycles. The van der Waals surface area contributed by atoms with E-state index >= 15 is 0 Å². The third-order valence-electron chi connectivity index (χ3n) is 7.48. The molecule has 3 aromatic rings. The number of aliphatic imine (C=N–C) groups is 1. The quantitative estimate of drug-likeness (QED) is 0.159. The van der Waals surface area contributed by atoms with E-state index in [4.69, 9.17) is 24.5 Å². The minimum Gasteiger partial charge on any atom is -0.497 e. The summed E-state index contributed by atoms with van der Waals surface area (Å²) in [6.45, 7) is 13.9. The van der Waals surface area contributed by atoms with Gasteiger partial charge in [-0.2, -0.15) is 0 Å². The lowest BCUT2D eigenvalue weighted by Gasteiger charge is -2.34. The molecule has 3 aromatic carbocycles. The highest BCUT2D eigenvalue weighted by molar-refractivity contribution is 5.97. The fourth-order valence-corrected chi connectivity index (χ4v) is 4.98. The molecule has 0 saturated carbocycles. The summed E-state index contributed by atoms with van der Waals surface area (Å²) in [5, 5.41) is 18.5. The first-order chi connectivity index (χ1) is 22.2. The van der Waals surface area contributed by atoms with Crippen molar-refractivity contribution in [2.45, 2.75) is 40.7 Å². The van der Waals surface area contributed by atoms with Gasteiger partial charge in [-0.15, -0.1) is 0 Å². The van der Waals surface area contributed by atoms with E-state index in [1.165, 1.54) is 0 Å². The molecule has 0 amide bonds. The van der Waals surface area contributed by atoms with E-state index in [1.807, 2.05) is 83.2 Å². The normalized spacial score (nSPS) is 15.8. The Labute approximate surface area is 275 Å². The van der Waals surface area contributed by atoms with E-state index in [2.05, 4.69) is 49.8 Å². The van der Waals surface area contributed by atoms with Gasteiger partial charge in [0.25, 0.3) is 0 Å². The summed E-state index contributed by atoms with van der Waals surface area (Å²) >= 11 is 0. The monoisotopic (exact) mass is 636 g/mol. The molecule has 5 rings (SSSR count). The van der Waals surface area contributed by atoms with Gasteiger partial charge in [0.15, 0.2) is 5.75 Å². The predicted octanol–water partition coefficient (Wildman–Crippen LogP) is 6.60. The third-order valence-corrected chi connectivity index (χ3v) is 7.48. The zero-order valence-electron chi connectivity index (χ0n) is 28.6. The van der Waals surface area contributed by atoms with Crippen LogP contribution in [0.4, 0.5) is 17.1 Å². The Kier molecular flexibility index (Phi) is 13.9. The van der Waals surface area contributed by atoms with Crippen LogP contribution in [-0.4, -0.2) is 76.7 Å². The van der Waals surface area contributed by atoms with Gasteiger partial charge in [0.1, 0.15) is 23.1 Å². The number of para-hydroxylation sites is 1. The molecular weight excluding hydrogens is 584 g/mol. The van der Waals surface area contributed by atoms with E-state index in [1.54, 1.807) is 21.3 Å². The van der Waals surface area contributed by atoms with Gasteiger partial charge in [-0.3, -0.25) is 0 Å². The molecule has 4 N–H and O–H groups in total. The summed E-state index contributed by atoms with van der Waals surface area (Å²) in [7, 11) is 7.12. The highest BCUT2D eigenvalue weighted by atomic mass is 17.1. The number of hydrogen-bond acceptors (Lipinski definition) is 11. The van der Waals surface area contributed by atoms with Gasteiger partial charge in [0.05, 0.1) is 38.7 Å². The minimum atomic E-state index is -0.0221. The van der Waals surface area contributed by atoms with E-state index in [0.717, 1.165) is 71.7 Å². The van der Waals surface area contributed by atoms with Crippen LogP contribution in [-0.2, 0) is 0 Å². The van der Waals surface area contributed by atoms with Crippen LogP contribution in [0.5, 0.6) is 23.0 Å². The number of methoxy groups -OCH3 is 3. The number of nitrogens with zero attached hydrogens (tertiary/aromatic N) is 3. The zero-order chi connectivity index (χ0) is 33.6. The van der Waals surface area contributed by atoms with E-state index in [0.29, 0.717) is 17.5 Å². The van der Waals surface area contributed by atoms with E-state index in [-0.39, 0.29) is 7.47 Å². The third kappa shape index (κ3) is 9.69. The SMILES string of the molecule is CC.COc1ccc(NC2=CC(C)N=C(Nc3ccc(N4CCN(C)CC4)cc3OC)N2)c(OC)c1.Cc1cccc(C)c1OO.[HH]. The number of benzene rings is 3. The Balaban J connectivity index is 0.000000502. The van der Waals surface area contributed by atoms with Gasteiger partial charge in [0, 0.05) is 45.4 Å². The maximum Gasteiger partial charge on any atom is 0.202 e. The van der Waals surface area contributed by atoms with Crippen LogP contribution >= 0.6 is 0 Å². The van der Waals surface area contributed by atoms with Crippen LogP contribution < -0.4 is 39.9 Å².